The molecular formula is C12H16F3N3O2. The van der Waals surface area contributed by atoms with Crippen molar-refractivity contribution in [2.45, 2.75) is 20.0 Å². The first-order valence-electron chi connectivity index (χ1n) is 6.03. The minimum absolute atomic E-state index is 0.0116. The highest BCUT2D eigenvalue weighted by atomic mass is 19.4. The number of halogens is 3. The predicted molar refractivity (Wildman–Crippen MR) is 68.5 cm³/mol. The lowest BCUT2D eigenvalue weighted by Crippen LogP contribution is -2.35. The summed E-state index contributed by atoms with van der Waals surface area (Å²) >= 11 is 0. The molecule has 0 saturated carbocycles. The van der Waals surface area contributed by atoms with Crippen LogP contribution in [-0.2, 0) is 4.74 Å². The second-order valence-corrected chi connectivity index (χ2v) is 3.95. The van der Waals surface area contributed by atoms with Crippen LogP contribution in [0.3, 0.4) is 0 Å². The number of alkyl halides is 3. The standard InChI is InChI=1S/C12H16F3N3O2/c1-3-18(7-12(13,14)15)10-9(16)8(5-6-17-10)11(19)20-4-2/h5-6H,3-4,7,16H2,1-2H3. The van der Waals surface area contributed by atoms with Crippen molar-refractivity contribution in [1.82, 2.24) is 4.98 Å². The van der Waals surface area contributed by atoms with Gasteiger partial charge in [-0.1, -0.05) is 0 Å². The van der Waals surface area contributed by atoms with Crippen LogP contribution in [0.25, 0.3) is 0 Å². The summed E-state index contributed by atoms with van der Waals surface area (Å²) < 4.78 is 42.3. The Labute approximate surface area is 114 Å². The second-order valence-electron chi connectivity index (χ2n) is 3.95. The third-order valence-electron chi connectivity index (χ3n) is 2.52. The first kappa shape index (κ1) is 16.1. The molecule has 20 heavy (non-hydrogen) atoms. The number of hydrogen-bond donors (Lipinski definition) is 1. The number of nitrogens with zero attached hydrogens (tertiary/aromatic N) is 2. The minimum Gasteiger partial charge on any atom is -0.462 e. The van der Waals surface area contributed by atoms with Gasteiger partial charge in [0.1, 0.15) is 6.54 Å². The van der Waals surface area contributed by atoms with Crippen molar-refractivity contribution in [3.8, 4) is 0 Å². The molecule has 0 aromatic carbocycles. The smallest absolute Gasteiger partial charge is 0.405 e. The molecule has 1 aromatic heterocycles. The van der Waals surface area contributed by atoms with Gasteiger partial charge in [-0.25, -0.2) is 9.78 Å². The van der Waals surface area contributed by atoms with Crippen LogP contribution in [0.1, 0.15) is 24.2 Å². The highest BCUT2D eigenvalue weighted by molar-refractivity contribution is 5.97. The molecule has 0 aliphatic heterocycles. The summed E-state index contributed by atoms with van der Waals surface area (Å²) in [6.45, 7) is 2.19. The number of hydrogen-bond acceptors (Lipinski definition) is 5. The van der Waals surface area contributed by atoms with Crippen molar-refractivity contribution >= 4 is 17.5 Å². The molecule has 0 amide bonds. The fraction of sp³-hybridized carbons (Fsp3) is 0.500. The highest BCUT2D eigenvalue weighted by Crippen LogP contribution is 2.27. The Bertz CT molecular complexity index is 478. The largest absolute Gasteiger partial charge is 0.462 e. The van der Waals surface area contributed by atoms with Crippen LogP contribution in [0.4, 0.5) is 24.7 Å². The number of carbonyl (C=O) groups excluding carboxylic acids is 1. The van der Waals surface area contributed by atoms with Crippen molar-refractivity contribution in [3.05, 3.63) is 17.8 Å². The van der Waals surface area contributed by atoms with Gasteiger partial charge in [0.25, 0.3) is 0 Å². The summed E-state index contributed by atoms with van der Waals surface area (Å²) in [7, 11) is 0. The van der Waals surface area contributed by atoms with Crippen molar-refractivity contribution in [2.75, 3.05) is 30.3 Å². The van der Waals surface area contributed by atoms with Gasteiger partial charge in [0, 0.05) is 12.7 Å². The van der Waals surface area contributed by atoms with E-state index in [1.54, 1.807) is 13.8 Å². The Morgan fingerprint density at radius 1 is 1.45 bits per heavy atom. The van der Waals surface area contributed by atoms with E-state index in [1.165, 1.54) is 12.3 Å². The van der Waals surface area contributed by atoms with Gasteiger partial charge >= 0.3 is 12.1 Å². The summed E-state index contributed by atoms with van der Waals surface area (Å²) in [5, 5.41) is 0. The van der Waals surface area contributed by atoms with E-state index in [0.717, 1.165) is 4.90 Å². The zero-order chi connectivity index (χ0) is 15.3. The van der Waals surface area contributed by atoms with E-state index in [4.69, 9.17) is 10.5 Å². The normalized spacial score (nSPS) is 11.2. The van der Waals surface area contributed by atoms with E-state index >= 15 is 0 Å². The number of nitrogens with two attached hydrogens (primary N) is 1. The van der Waals surface area contributed by atoms with Gasteiger partial charge in [-0.05, 0) is 19.9 Å². The lowest BCUT2D eigenvalue weighted by Gasteiger charge is -2.25. The highest BCUT2D eigenvalue weighted by Gasteiger charge is 2.32. The summed E-state index contributed by atoms with van der Waals surface area (Å²) in [5.41, 5.74) is 5.64. The fourth-order valence-corrected chi connectivity index (χ4v) is 1.65. The average Bonchev–Trinajstić information content (AvgIpc) is 2.35. The summed E-state index contributed by atoms with van der Waals surface area (Å²) in [6, 6.07) is 1.32. The van der Waals surface area contributed by atoms with E-state index in [9.17, 15) is 18.0 Å². The lowest BCUT2D eigenvalue weighted by atomic mass is 10.2. The third-order valence-corrected chi connectivity index (χ3v) is 2.52. The molecule has 0 spiro atoms. The molecule has 0 fully saturated rings. The Hall–Kier alpha value is -1.99. The first-order valence-corrected chi connectivity index (χ1v) is 6.03. The number of ether oxygens (including phenoxy) is 1. The van der Waals surface area contributed by atoms with Gasteiger partial charge in [-0.2, -0.15) is 13.2 Å². The van der Waals surface area contributed by atoms with Gasteiger partial charge in [-0.15, -0.1) is 0 Å². The van der Waals surface area contributed by atoms with E-state index in [-0.39, 0.29) is 30.2 Å². The van der Waals surface area contributed by atoms with Crippen LogP contribution in [0.5, 0.6) is 0 Å². The van der Waals surface area contributed by atoms with Gasteiger partial charge < -0.3 is 15.4 Å². The summed E-state index contributed by atoms with van der Waals surface area (Å²) in [6.07, 6.45) is -3.15. The van der Waals surface area contributed by atoms with E-state index in [0.29, 0.717) is 0 Å². The quantitative estimate of drug-likeness (QED) is 0.842. The fourth-order valence-electron chi connectivity index (χ4n) is 1.65. The first-order chi connectivity index (χ1) is 9.30. The maximum atomic E-state index is 12.5. The van der Waals surface area contributed by atoms with Gasteiger partial charge in [0.15, 0.2) is 5.82 Å². The number of pyridine rings is 1. The van der Waals surface area contributed by atoms with E-state index in [1.807, 2.05) is 0 Å². The van der Waals surface area contributed by atoms with Crippen LogP contribution in [0.15, 0.2) is 12.3 Å². The van der Waals surface area contributed by atoms with E-state index < -0.39 is 18.7 Å². The van der Waals surface area contributed by atoms with Gasteiger partial charge in [0.05, 0.1) is 17.9 Å². The molecule has 1 heterocycles. The number of rotatable bonds is 5. The topological polar surface area (TPSA) is 68.5 Å². The predicted octanol–water partition coefficient (Wildman–Crippen LogP) is 2.23. The zero-order valence-corrected chi connectivity index (χ0v) is 11.2. The molecule has 8 heteroatoms. The molecule has 0 saturated heterocycles. The van der Waals surface area contributed by atoms with Crippen molar-refractivity contribution in [2.24, 2.45) is 0 Å². The zero-order valence-electron chi connectivity index (χ0n) is 11.2. The number of carbonyl (C=O) groups is 1. The van der Waals surface area contributed by atoms with E-state index in [2.05, 4.69) is 4.98 Å². The summed E-state index contributed by atoms with van der Waals surface area (Å²) in [4.78, 5) is 16.4. The van der Waals surface area contributed by atoms with Crippen molar-refractivity contribution in [1.29, 1.82) is 0 Å². The van der Waals surface area contributed by atoms with Crippen LogP contribution in [0.2, 0.25) is 0 Å². The maximum absolute atomic E-state index is 12.5. The van der Waals surface area contributed by atoms with Crippen molar-refractivity contribution < 1.29 is 22.7 Å². The molecule has 1 aromatic rings. The van der Waals surface area contributed by atoms with Crippen LogP contribution < -0.4 is 10.6 Å². The average molecular weight is 291 g/mol. The monoisotopic (exact) mass is 291 g/mol. The third kappa shape index (κ3) is 4.01. The minimum atomic E-state index is -4.38. The molecule has 0 aliphatic rings. The van der Waals surface area contributed by atoms with Gasteiger partial charge in [-0.3, -0.25) is 0 Å². The van der Waals surface area contributed by atoms with Gasteiger partial charge in [0.2, 0.25) is 0 Å². The van der Waals surface area contributed by atoms with Crippen molar-refractivity contribution in [3.63, 3.8) is 0 Å². The second kappa shape index (κ2) is 6.44. The molecule has 0 aliphatic carbocycles. The molecule has 0 radical (unpaired) electrons. The Balaban J connectivity index is 3.11. The lowest BCUT2D eigenvalue weighted by molar-refractivity contribution is -0.119. The number of aromatic nitrogens is 1. The van der Waals surface area contributed by atoms with Crippen LogP contribution in [0, 0.1) is 0 Å². The SMILES string of the molecule is CCOC(=O)c1ccnc(N(CC)CC(F)(F)F)c1N. The molecule has 1 rings (SSSR count). The molecule has 0 unspecified atom stereocenters. The molecule has 5 nitrogen and oxygen atoms in total. The van der Waals surface area contributed by atoms with Crippen LogP contribution in [-0.4, -0.2) is 36.8 Å². The molecule has 112 valence electrons. The maximum Gasteiger partial charge on any atom is 0.405 e. The number of nitrogen functional groups attached to an aromatic ring is 1. The summed E-state index contributed by atoms with van der Waals surface area (Å²) in [5.74, 6) is -0.757. The number of anilines is 2. The Morgan fingerprint density at radius 3 is 2.60 bits per heavy atom. The Kier molecular flexibility index (Phi) is 5.18. The molecular weight excluding hydrogens is 275 g/mol. The van der Waals surface area contributed by atoms with Crippen LogP contribution >= 0.6 is 0 Å². The molecule has 2 N–H and O–H groups in total. The Morgan fingerprint density at radius 2 is 2.10 bits per heavy atom. The molecule has 0 atom stereocenters. The molecule has 0 bridgehead atoms. The number of esters is 1.